The second-order valence-electron chi connectivity index (χ2n) is 4.65. The van der Waals surface area contributed by atoms with Crippen LogP contribution in [0, 0.1) is 0 Å². The van der Waals surface area contributed by atoms with Crippen molar-refractivity contribution in [3.8, 4) is 0 Å². The average molecular weight is 237 g/mol. The van der Waals surface area contributed by atoms with E-state index in [0.717, 1.165) is 12.2 Å². The molecule has 0 bridgehead atoms. The third kappa shape index (κ3) is 2.02. The van der Waals surface area contributed by atoms with E-state index >= 15 is 0 Å². The summed E-state index contributed by atoms with van der Waals surface area (Å²) >= 11 is 0. The van der Waals surface area contributed by atoms with Crippen LogP contribution >= 0.6 is 0 Å². The van der Waals surface area contributed by atoms with Crippen LogP contribution in [0.25, 0.3) is 0 Å². The quantitative estimate of drug-likeness (QED) is 0.785. The fourth-order valence-corrected chi connectivity index (χ4v) is 2.51. The van der Waals surface area contributed by atoms with Gasteiger partial charge >= 0.3 is 0 Å². The van der Waals surface area contributed by atoms with Crippen LogP contribution in [0.4, 0.5) is 5.69 Å². The highest BCUT2D eigenvalue weighted by Gasteiger charge is 2.31. The molecule has 18 heavy (non-hydrogen) atoms. The fraction of sp³-hybridized carbons (Fsp3) is 0.188. The monoisotopic (exact) mass is 237 g/mol. The molecule has 2 aromatic carbocycles. The molecule has 0 aliphatic carbocycles. The van der Waals surface area contributed by atoms with Crippen LogP contribution in [0.3, 0.4) is 0 Å². The van der Waals surface area contributed by atoms with E-state index < -0.39 is 0 Å². The number of hydrogen-bond donors (Lipinski definition) is 0. The van der Waals surface area contributed by atoms with Crippen LogP contribution in [-0.2, 0) is 4.79 Å². The first-order chi connectivity index (χ1) is 8.84. The van der Waals surface area contributed by atoms with Crippen molar-refractivity contribution in [2.24, 2.45) is 0 Å². The molecule has 1 aliphatic rings. The maximum atomic E-state index is 12.1. The Morgan fingerprint density at radius 1 is 0.889 bits per heavy atom. The Morgan fingerprint density at radius 2 is 1.50 bits per heavy atom. The van der Waals surface area contributed by atoms with Crippen LogP contribution < -0.4 is 4.90 Å². The molecule has 2 nitrogen and oxygen atoms in total. The highest BCUT2D eigenvalue weighted by Crippen LogP contribution is 2.31. The molecule has 1 amide bonds. The highest BCUT2D eigenvalue weighted by molar-refractivity contribution is 5.96. The molecular formula is C16H15NO. The molecule has 0 radical (unpaired) electrons. The smallest absolute Gasteiger partial charge is 0.227 e. The summed E-state index contributed by atoms with van der Waals surface area (Å²) in [7, 11) is 0. The number of rotatable bonds is 2. The average Bonchev–Trinajstić information content (AvgIpc) is 2.83. The van der Waals surface area contributed by atoms with E-state index in [0.29, 0.717) is 12.3 Å². The van der Waals surface area contributed by atoms with Gasteiger partial charge in [-0.25, -0.2) is 0 Å². The maximum Gasteiger partial charge on any atom is 0.227 e. The fourth-order valence-electron chi connectivity index (χ4n) is 2.51. The van der Waals surface area contributed by atoms with E-state index in [1.807, 2.05) is 53.4 Å². The standard InChI is InChI=1S/C16H15NO/c18-16-11-14(13-7-3-1-4-8-13)12-17(16)15-9-5-2-6-10-15/h1-10,14H,11-12H2. The van der Waals surface area contributed by atoms with Crippen LogP contribution in [0.15, 0.2) is 60.7 Å². The molecule has 1 fully saturated rings. The van der Waals surface area contributed by atoms with Crippen LogP contribution in [0.5, 0.6) is 0 Å². The first-order valence-corrected chi connectivity index (χ1v) is 6.25. The van der Waals surface area contributed by atoms with Gasteiger partial charge in [-0.1, -0.05) is 48.5 Å². The summed E-state index contributed by atoms with van der Waals surface area (Å²) < 4.78 is 0. The second kappa shape index (κ2) is 4.65. The van der Waals surface area contributed by atoms with Gasteiger partial charge < -0.3 is 4.90 Å². The zero-order valence-electron chi connectivity index (χ0n) is 10.1. The third-order valence-corrected chi connectivity index (χ3v) is 3.46. The van der Waals surface area contributed by atoms with Crippen molar-refractivity contribution in [3.63, 3.8) is 0 Å². The Hall–Kier alpha value is -2.09. The molecular weight excluding hydrogens is 222 g/mol. The van der Waals surface area contributed by atoms with Gasteiger partial charge in [0.25, 0.3) is 0 Å². The maximum absolute atomic E-state index is 12.1. The van der Waals surface area contributed by atoms with Gasteiger partial charge in [-0.05, 0) is 17.7 Å². The van der Waals surface area contributed by atoms with Crippen molar-refractivity contribution >= 4 is 11.6 Å². The van der Waals surface area contributed by atoms with Gasteiger partial charge in [0.15, 0.2) is 0 Å². The van der Waals surface area contributed by atoms with E-state index in [1.54, 1.807) is 0 Å². The summed E-state index contributed by atoms with van der Waals surface area (Å²) in [6.45, 7) is 0.785. The van der Waals surface area contributed by atoms with Crippen molar-refractivity contribution < 1.29 is 4.79 Å². The Morgan fingerprint density at radius 3 is 2.17 bits per heavy atom. The number of carbonyl (C=O) groups is 1. The van der Waals surface area contributed by atoms with E-state index in [4.69, 9.17) is 0 Å². The SMILES string of the molecule is O=C1CC(c2ccccc2)CN1c1ccccc1. The van der Waals surface area contributed by atoms with Crippen LogP contribution in [0.2, 0.25) is 0 Å². The minimum Gasteiger partial charge on any atom is -0.312 e. The van der Waals surface area contributed by atoms with Gasteiger partial charge in [-0.2, -0.15) is 0 Å². The Labute approximate surface area is 107 Å². The number of nitrogens with zero attached hydrogens (tertiary/aromatic N) is 1. The Balaban J connectivity index is 1.83. The van der Waals surface area contributed by atoms with Crippen molar-refractivity contribution in [3.05, 3.63) is 66.2 Å². The molecule has 0 saturated carbocycles. The summed E-state index contributed by atoms with van der Waals surface area (Å²) in [5, 5.41) is 0. The topological polar surface area (TPSA) is 20.3 Å². The minimum atomic E-state index is 0.218. The molecule has 1 aliphatic heterocycles. The van der Waals surface area contributed by atoms with Gasteiger partial charge in [-0.15, -0.1) is 0 Å². The van der Waals surface area contributed by atoms with Gasteiger partial charge in [0.05, 0.1) is 0 Å². The van der Waals surface area contributed by atoms with Gasteiger partial charge in [0.1, 0.15) is 0 Å². The van der Waals surface area contributed by atoms with E-state index in [2.05, 4.69) is 12.1 Å². The number of anilines is 1. The molecule has 2 aromatic rings. The summed E-state index contributed by atoms with van der Waals surface area (Å²) in [4.78, 5) is 14.0. The number of hydrogen-bond acceptors (Lipinski definition) is 1. The van der Waals surface area contributed by atoms with Crippen molar-refractivity contribution in [1.29, 1.82) is 0 Å². The lowest BCUT2D eigenvalue weighted by molar-refractivity contribution is -0.117. The highest BCUT2D eigenvalue weighted by atomic mass is 16.2. The number of amides is 1. The number of para-hydroxylation sites is 1. The molecule has 0 aromatic heterocycles. The lowest BCUT2D eigenvalue weighted by Gasteiger charge is -2.16. The third-order valence-electron chi connectivity index (χ3n) is 3.46. The number of benzene rings is 2. The molecule has 0 spiro atoms. The van der Waals surface area contributed by atoms with Crippen molar-refractivity contribution in [2.75, 3.05) is 11.4 Å². The van der Waals surface area contributed by atoms with E-state index in [-0.39, 0.29) is 5.91 Å². The summed E-state index contributed by atoms with van der Waals surface area (Å²) in [6, 6.07) is 20.2. The van der Waals surface area contributed by atoms with Crippen LogP contribution in [0.1, 0.15) is 17.9 Å². The summed E-state index contributed by atoms with van der Waals surface area (Å²) in [5.74, 6) is 0.536. The minimum absolute atomic E-state index is 0.218. The summed E-state index contributed by atoms with van der Waals surface area (Å²) in [6.07, 6.45) is 0.610. The first-order valence-electron chi connectivity index (χ1n) is 6.25. The zero-order chi connectivity index (χ0) is 12.4. The first kappa shape index (κ1) is 11.0. The predicted octanol–water partition coefficient (Wildman–Crippen LogP) is 3.21. The Kier molecular flexibility index (Phi) is 2.85. The van der Waals surface area contributed by atoms with Crippen LogP contribution in [-0.4, -0.2) is 12.5 Å². The Bertz CT molecular complexity index is 536. The van der Waals surface area contributed by atoms with Gasteiger partial charge in [0.2, 0.25) is 5.91 Å². The zero-order valence-corrected chi connectivity index (χ0v) is 10.1. The normalized spacial score (nSPS) is 19.2. The lowest BCUT2D eigenvalue weighted by Crippen LogP contribution is -2.24. The lowest BCUT2D eigenvalue weighted by atomic mass is 9.99. The van der Waals surface area contributed by atoms with Gasteiger partial charge in [-0.3, -0.25) is 4.79 Å². The second-order valence-corrected chi connectivity index (χ2v) is 4.65. The molecule has 1 unspecified atom stereocenters. The van der Waals surface area contributed by atoms with Crippen molar-refractivity contribution in [1.82, 2.24) is 0 Å². The molecule has 90 valence electrons. The predicted molar refractivity (Wildman–Crippen MR) is 72.6 cm³/mol. The largest absolute Gasteiger partial charge is 0.312 e. The van der Waals surface area contributed by atoms with E-state index in [1.165, 1.54) is 5.56 Å². The molecule has 2 heteroatoms. The van der Waals surface area contributed by atoms with E-state index in [9.17, 15) is 4.79 Å². The molecule has 0 N–H and O–H groups in total. The molecule has 1 atom stereocenters. The number of carbonyl (C=O) groups excluding carboxylic acids is 1. The summed E-state index contributed by atoms with van der Waals surface area (Å²) in [5.41, 5.74) is 2.25. The molecule has 1 heterocycles. The molecule has 3 rings (SSSR count). The van der Waals surface area contributed by atoms with Crippen molar-refractivity contribution in [2.45, 2.75) is 12.3 Å². The molecule has 1 saturated heterocycles. The van der Waals surface area contributed by atoms with Gasteiger partial charge in [0, 0.05) is 24.6 Å².